The fourth-order valence-corrected chi connectivity index (χ4v) is 5.55. The number of hydrogen-bond acceptors (Lipinski definition) is 14. The van der Waals surface area contributed by atoms with Crippen molar-refractivity contribution < 1.29 is 57.2 Å². The van der Waals surface area contributed by atoms with Crippen LogP contribution in [0.1, 0.15) is 34.1 Å². The van der Waals surface area contributed by atoms with Crippen molar-refractivity contribution in [2.24, 2.45) is 0 Å². The van der Waals surface area contributed by atoms with Crippen molar-refractivity contribution in [1.82, 2.24) is 5.48 Å². The number of methoxy groups -OCH3 is 1. The van der Waals surface area contributed by atoms with E-state index in [-0.39, 0.29) is 6.42 Å². The molecule has 1 aromatic rings. The first kappa shape index (κ1) is 36.9. The lowest BCUT2D eigenvalue weighted by atomic mass is 9.89. The van der Waals surface area contributed by atoms with E-state index in [4.69, 9.17) is 68.1 Å². The number of benzene rings is 1. The topological polar surface area (TPSA) is 162 Å². The van der Waals surface area contributed by atoms with Crippen LogP contribution < -0.4 is 5.48 Å². The monoisotopic (exact) mass is 687 g/mol. The average Bonchev–Trinajstić information content (AvgIpc) is 2.89. The molecule has 1 fully saturated rings. The van der Waals surface area contributed by atoms with Crippen molar-refractivity contribution in [3.8, 4) is 0 Å². The Kier molecular flexibility index (Phi) is 14.3. The normalized spacial score (nSPS) is 23.3. The van der Waals surface area contributed by atoms with Crippen LogP contribution in [-0.4, -0.2) is 89.4 Å². The molecular formula is C26H32Cl3NO12S. The molecule has 1 saturated heterocycles. The molecule has 43 heavy (non-hydrogen) atoms. The summed E-state index contributed by atoms with van der Waals surface area (Å²) in [5.74, 6) is -4.04. The number of alkyl halides is 3. The molecule has 1 heterocycles. The predicted octanol–water partition coefficient (Wildman–Crippen LogP) is 3.06. The van der Waals surface area contributed by atoms with Crippen LogP contribution in [-0.2, 0) is 57.2 Å². The van der Waals surface area contributed by atoms with Crippen molar-refractivity contribution in [2.75, 3.05) is 20.3 Å². The maximum absolute atomic E-state index is 13.5. The van der Waals surface area contributed by atoms with Crippen molar-refractivity contribution in [1.29, 1.82) is 0 Å². The number of hydroxylamine groups is 1. The van der Waals surface area contributed by atoms with Gasteiger partial charge in [0.1, 0.15) is 25.4 Å². The lowest BCUT2D eigenvalue weighted by Crippen LogP contribution is -2.67. The molecule has 0 bridgehead atoms. The van der Waals surface area contributed by atoms with Crippen LogP contribution >= 0.6 is 46.6 Å². The van der Waals surface area contributed by atoms with E-state index in [1.165, 1.54) is 0 Å². The van der Waals surface area contributed by atoms with Crippen molar-refractivity contribution >= 4 is 76.4 Å². The minimum absolute atomic E-state index is 0.306. The molecular weight excluding hydrogens is 657 g/mol. The van der Waals surface area contributed by atoms with Crippen LogP contribution in [0, 0.1) is 0 Å². The zero-order chi connectivity index (χ0) is 32.4. The molecule has 1 aliphatic heterocycles. The lowest BCUT2D eigenvalue weighted by molar-refractivity contribution is -0.234. The van der Waals surface area contributed by atoms with Gasteiger partial charge in [0.15, 0.2) is 12.2 Å². The maximum atomic E-state index is 13.5. The molecule has 0 aliphatic carbocycles. The summed E-state index contributed by atoms with van der Waals surface area (Å²) >= 11 is 18.4. The van der Waals surface area contributed by atoms with Crippen LogP contribution in [0.4, 0.5) is 0 Å². The van der Waals surface area contributed by atoms with Gasteiger partial charge >= 0.3 is 29.8 Å². The van der Waals surface area contributed by atoms with E-state index in [1.54, 1.807) is 30.3 Å². The summed E-state index contributed by atoms with van der Waals surface area (Å²) < 4.78 is 31.3. The van der Waals surface area contributed by atoms with E-state index < -0.39 is 82.2 Å². The Morgan fingerprint density at radius 3 is 2.14 bits per heavy atom. The van der Waals surface area contributed by atoms with Crippen LogP contribution in [0.25, 0.3) is 0 Å². The number of esters is 5. The van der Waals surface area contributed by atoms with Gasteiger partial charge in [-0.25, -0.2) is 4.79 Å². The van der Waals surface area contributed by atoms with E-state index in [0.717, 1.165) is 46.6 Å². The van der Waals surface area contributed by atoms with E-state index in [2.05, 4.69) is 5.48 Å². The van der Waals surface area contributed by atoms with Gasteiger partial charge in [0, 0.05) is 39.0 Å². The molecule has 0 saturated carbocycles. The fraction of sp³-hybridized carbons (Fsp3) is 0.577. The highest BCUT2D eigenvalue weighted by Crippen LogP contribution is 2.46. The van der Waals surface area contributed by atoms with Crippen molar-refractivity contribution in [3.05, 3.63) is 30.3 Å². The first-order valence-corrected chi connectivity index (χ1v) is 14.6. The third-order valence-electron chi connectivity index (χ3n) is 5.61. The Hall–Kier alpha value is -2.33. The SMILES string of the molecule is COC(=O)C1(Sc2ccccc2)C[C@H](OC(C)=O)[C@@H](NOCC(Cl)(Cl)Cl)[C@H]([C@@H](OC(C)=O)[C@@H](COC(C)=O)OC(C)=O)O1. The van der Waals surface area contributed by atoms with Crippen molar-refractivity contribution in [3.63, 3.8) is 0 Å². The smallest absolute Gasteiger partial charge is 0.349 e. The van der Waals surface area contributed by atoms with Crippen molar-refractivity contribution in [2.45, 2.75) is 78.2 Å². The molecule has 13 nitrogen and oxygen atoms in total. The minimum atomic E-state index is -1.92. The van der Waals surface area contributed by atoms with Crippen LogP contribution in [0.15, 0.2) is 35.2 Å². The molecule has 1 aromatic carbocycles. The summed E-state index contributed by atoms with van der Waals surface area (Å²) in [6.07, 6.45) is -6.13. The number of rotatable bonds is 13. The standard InChI is InChI=1S/C26H32Cl3NO12S/c1-14(31)37-12-20(40-16(3)33)22(41-17(4)34)23-21(30-38-13-26(27,28)29)19(39-15(2)32)11-25(42-23,24(35)36-5)43-18-9-7-6-8-10-18/h6-10,19-23,30H,11-13H2,1-5H3/t19-,20+,21+,22-,23+,25?/m0/s1. The highest BCUT2D eigenvalue weighted by Gasteiger charge is 2.59. The van der Waals surface area contributed by atoms with E-state index in [9.17, 15) is 24.0 Å². The number of carbonyl (C=O) groups excluding carboxylic acids is 5. The van der Waals surface area contributed by atoms with Crippen LogP contribution in [0.5, 0.6) is 0 Å². The van der Waals surface area contributed by atoms with E-state index >= 15 is 0 Å². The Morgan fingerprint density at radius 2 is 1.63 bits per heavy atom. The average molecular weight is 689 g/mol. The van der Waals surface area contributed by atoms with Gasteiger partial charge in [0.05, 0.1) is 13.2 Å². The van der Waals surface area contributed by atoms with E-state index in [1.807, 2.05) is 0 Å². The second-order valence-corrected chi connectivity index (χ2v) is 13.0. The highest BCUT2D eigenvalue weighted by atomic mass is 35.6. The molecule has 1 aliphatic rings. The Morgan fingerprint density at radius 1 is 1.00 bits per heavy atom. The fourth-order valence-electron chi connectivity index (χ4n) is 4.13. The summed E-state index contributed by atoms with van der Waals surface area (Å²) in [4.78, 5) is 65.9. The number of carbonyl (C=O) groups is 5. The zero-order valence-corrected chi connectivity index (χ0v) is 26.9. The third-order valence-corrected chi connectivity index (χ3v) is 7.20. The highest BCUT2D eigenvalue weighted by molar-refractivity contribution is 8.01. The molecule has 0 amide bonds. The molecule has 0 aromatic heterocycles. The van der Waals surface area contributed by atoms with Gasteiger partial charge in [0.25, 0.3) is 0 Å². The second-order valence-electron chi connectivity index (χ2n) is 9.17. The molecule has 1 N–H and O–H groups in total. The Labute approximate surface area is 267 Å². The Balaban J connectivity index is 2.75. The van der Waals surface area contributed by atoms with Gasteiger partial charge in [-0.1, -0.05) is 64.8 Å². The largest absolute Gasteiger partial charge is 0.466 e. The molecule has 2 rings (SSSR count). The summed E-state index contributed by atoms with van der Waals surface area (Å²) in [6.45, 7) is 3.33. The second kappa shape index (κ2) is 16.7. The number of nitrogens with one attached hydrogen (secondary N) is 1. The first-order chi connectivity index (χ1) is 20.1. The summed E-state index contributed by atoms with van der Waals surface area (Å²) in [5.41, 5.74) is 2.61. The van der Waals surface area contributed by atoms with Gasteiger partial charge in [-0.05, 0) is 12.1 Å². The molecule has 17 heteroatoms. The predicted molar refractivity (Wildman–Crippen MR) is 153 cm³/mol. The summed E-state index contributed by atoms with van der Waals surface area (Å²) in [5, 5.41) is 0. The molecule has 1 unspecified atom stereocenters. The minimum Gasteiger partial charge on any atom is -0.466 e. The number of halogens is 3. The maximum Gasteiger partial charge on any atom is 0.349 e. The lowest BCUT2D eigenvalue weighted by Gasteiger charge is -2.48. The zero-order valence-electron chi connectivity index (χ0n) is 23.8. The summed E-state index contributed by atoms with van der Waals surface area (Å²) in [7, 11) is 1.13. The van der Waals surface area contributed by atoms with E-state index in [0.29, 0.717) is 4.90 Å². The summed E-state index contributed by atoms with van der Waals surface area (Å²) in [6, 6.07) is 7.36. The number of hydrogen-bond donors (Lipinski definition) is 1. The first-order valence-electron chi connectivity index (χ1n) is 12.7. The molecule has 0 spiro atoms. The van der Waals surface area contributed by atoms with Gasteiger partial charge in [-0.2, -0.15) is 5.48 Å². The molecule has 6 atom stereocenters. The Bertz CT molecular complexity index is 1140. The third kappa shape index (κ3) is 11.9. The quantitative estimate of drug-likeness (QED) is 0.139. The number of thioether (sulfide) groups is 1. The van der Waals surface area contributed by atoms with Crippen LogP contribution in [0.3, 0.4) is 0 Å². The molecule has 240 valence electrons. The molecule has 0 radical (unpaired) electrons. The van der Waals surface area contributed by atoms with Gasteiger partial charge < -0.3 is 28.4 Å². The van der Waals surface area contributed by atoms with Crippen LogP contribution in [0.2, 0.25) is 0 Å². The van der Waals surface area contributed by atoms with Gasteiger partial charge in [-0.15, -0.1) is 0 Å². The van der Waals surface area contributed by atoms with Gasteiger partial charge in [0.2, 0.25) is 8.73 Å². The van der Waals surface area contributed by atoms with Gasteiger partial charge in [-0.3, -0.25) is 24.0 Å². The number of ether oxygens (including phenoxy) is 6.